The first kappa shape index (κ1) is 15.0. The lowest BCUT2D eigenvalue weighted by atomic mass is 10.1. The van der Waals surface area contributed by atoms with Crippen molar-refractivity contribution in [3.63, 3.8) is 0 Å². The maximum atomic E-state index is 10.2. The van der Waals surface area contributed by atoms with E-state index in [1.807, 2.05) is 0 Å². The van der Waals surface area contributed by atoms with Gasteiger partial charge in [-0.1, -0.05) is 39.7 Å². The maximum Gasteiger partial charge on any atom is 0.217 e. The van der Waals surface area contributed by atoms with Crippen LogP contribution in [0.2, 0.25) is 0 Å². The fourth-order valence-electron chi connectivity index (χ4n) is 1.40. The molecule has 1 amide bonds. The molecule has 0 bridgehead atoms. The summed E-state index contributed by atoms with van der Waals surface area (Å²) in [7, 11) is 0. The Hall–Kier alpha value is -0.990. The zero-order chi connectivity index (χ0) is 12.4. The highest BCUT2D eigenvalue weighted by Crippen LogP contribution is 2.20. The van der Waals surface area contributed by atoms with Crippen LogP contribution in [-0.2, 0) is 9.53 Å². The minimum Gasteiger partial charge on any atom is -0.498 e. The number of hydrogen-bond acceptors (Lipinski definition) is 2. The number of carbonyl (C=O) groups is 1. The molecule has 1 heterocycles. The number of rotatable bonds is 5. The molecule has 1 aliphatic heterocycles. The van der Waals surface area contributed by atoms with Crippen molar-refractivity contribution in [3.05, 3.63) is 12.3 Å². The smallest absolute Gasteiger partial charge is 0.217 e. The minimum atomic E-state index is -0.175. The van der Waals surface area contributed by atoms with Gasteiger partial charge in [0.25, 0.3) is 0 Å². The molecule has 94 valence electrons. The van der Waals surface area contributed by atoms with Crippen molar-refractivity contribution < 1.29 is 9.53 Å². The predicted octanol–water partition coefficient (Wildman–Crippen LogP) is 3.00. The lowest BCUT2D eigenvalue weighted by molar-refractivity contribution is -0.118. The van der Waals surface area contributed by atoms with Crippen LogP contribution in [0.4, 0.5) is 0 Å². The molecule has 1 rings (SSSR count). The standard InChI is InChI=1S/C7H15NO.C6H10O/c1-2-3-4-5-6-7(8)9;1-5-3-4-7-6(5)2/h2-6H2,1H3,(H2,8,9);5H,2-4H2,1H3/t;5-/m.0/s1. The Kier molecular flexibility index (Phi) is 8.68. The van der Waals surface area contributed by atoms with Gasteiger partial charge in [0.15, 0.2) is 0 Å². The number of carbonyl (C=O) groups excluding carboxylic acids is 1. The SMILES string of the molecule is C=C1OCC[C@@H]1C.CCCCCCC(N)=O. The van der Waals surface area contributed by atoms with Gasteiger partial charge in [0.2, 0.25) is 5.91 Å². The van der Waals surface area contributed by atoms with E-state index in [-0.39, 0.29) is 5.91 Å². The van der Waals surface area contributed by atoms with Gasteiger partial charge >= 0.3 is 0 Å². The van der Waals surface area contributed by atoms with E-state index >= 15 is 0 Å². The third kappa shape index (κ3) is 8.33. The quantitative estimate of drug-likeness (QED) is 0.734. The van der Waals surface area contributed by atoms with Crippen LogP contribution in [0.3, 0.4) is 0 Å². The van der Waals surface area contributed by atoms with E-state index in [1.54, 1.807) is 0 Å². The molecule has 0 saturated carbocycles. The summed E-state index contributed by atoms with van der Waals surface area (Å²) in [6.45, 7) is 8.87. The van der Waals surface area contributed by atoms with E-state index in [1.165, 1.54) is 12.8 Å². The third-order valence-electron chi connectivity index (χ3n) is 2.66. The van der Waals surface area contributed by atoms with Crippen LogP contribution in [0.5, 0.6) is 0 Å². The highest BCUT2D eigenvalue weighted by molar-refractivity contribution is 5.73. The molecule has 16 heavy (non-hydrogen) atoms. The van der Waals surface area contributed by atoms with Crippen molar-refractivity contribution in [1.29, 1.82) is 0 Å². The van der Waals surface area contributed by atoms with Crippen molar-refractivity contribution >= 4 is 5.91 Å². The lowest BCUT2D eigenvalue weighted by Crippen LogP contribution is -2.09. The summed E-state index contributed by atoms with van der Waals surface area (Å²) in [5, 5.41) is 0. The molecule has 1 saturated heterocycles. The van der Waals surface area contributed by atoms with Gasteiger partial charge in [-0.2, -0.15) is 0 Å². The van der Waals surface area contributed by atoms with Crippen LogP contribution in [0, 0.1) is 5.92 Å². The Morgan fingerprint density at radius 1 is 1.50 bits per heavy atom. The summed E-state index contributed by atoms with van der Waals surface area (Å²) in [6, 6.07) is 0. The Bertz CT molecular complexity index is 214. The van der Waals surface area contributed by atoms with E-state index in [4.69, 9.17) is 10.5 Å². The molecule has 0 aromatic heterocycles. The first-order chi connectivity index (χ1) is 7.57. The molecule has 1 fully saturated rings. The van der Waals surface area contributed by atoms with Gasteiger partial charge in [-0.15, -0.1) is 0 Å². The molecule has 3 heteroatoms. The number of amides is 1. The summed E-state index contributed by atoms with van der Waals surface area (Å²) in [5.41, 5.74) is 4.94. The average molecular weight is 227 g/mol. The Morgan fingerprint density at radius 2 is 2.19 bits per heavy atom. The van der Waals surface area contributed by atoms with Crippen molar-refractivity contribution in [2.45, 2.75) is 52.4 Å². The molecule has 2 N–H and O–H groups in total. The molecule has 0 radical (unpaired) electrons. The van der Waals surface area contributed by atoms with Crippen LogP contribution < -0.4 is 5.73 Å². The van der Waals surface area contributed by atoms with Crippen molar-refractivity contribution in [3.8, 4) is 0 Å². The monoisotopic (exact) mass is 227 g/mol. The number of hydrogen-bond donors (Lipinski definition) is 1. The first-order valence-electron chi connectivity index (χ1n) is 6.17. The zero-order valence-electron chi connectivity index (χ0n) is 10.6. The average Bonchev–Trinajstić information content (AvgIpc) is 2.59. The van der Waals surface area contributed by atoms with Gasteiger partial charge in [0.1, 0.15) is 0 Å². The Labute approximate surface area is 99.0 Å². The third-order valence-corrected chi connectivity index (χ3v) is 2.66. The fourth-order valence-corrected chi connectivity index (χ4v) is 1.40. The van der Waals surface area contributed by atoms with Crippen LogP contribution >= 0.6 is 0 Å². The van der Waals surface area contributed by atoms with Gasteiger partial charge in [-0.05, 0) is 12.8 Å². The number of ether oxygens (including phenoxy) is 1. The molecule has 0 spiro atoms. The zero-order valence-corrected chi connectivity index (χ0v) is 10.6. The Balaban J connectivity index is 0.000000288. The molecule has 1 atom stereocenters. The van der Waals surface area contributed by atoms with Crippen LogP contribution in [0.1, 0.15) is 52.4 Å². The number of allylic oxidation sites excluding steroid dienone is 1. The number of unbranched alkanes of at least 4 members (excludes halogenated alkanes) is 3. The van der Waals surface area contributed by atoms with E-state index in [9.17, 15) is 4.79 Å². The van der Waals surface area contributed by atoms with Gasteiger partial charge < -0.3 is 10.5 Å². The summed E-state index contributed by atoms with van der Waals surface area (Å²) in [5.74, 6) is 1.38. The maximum absolute atomic E-state index is 10.2. The molecule has 1 aliphatic rings. The highest BCUT2D eigenvalue weighted by Gasteiger charge is 2.13. The van der Waals surface area contributed by atoms with E-state index in [0.29, 0.717) is 12.3 Å². The molecule has 0 aromatic carbocycles. The molecular weight excluding hydrogens is 202 g/mol. The summed E-state index contributed by atoms with van der Waals surface area (Å²) < 4.78 is 5.07. The highest BCUT2D eigenvalue weighted by atomic mass is 16.5. The number of nitrogens with two attached hydrogens (primary N) is 1. The van der Waals surface area contributed by atoms with Crippen molar-refractivity contribution in [1.82, 2.24) is 0 Å². The largest absolute Gasteiger partial charge is 0.498 e. The van der Waals surface area contributed by atoms with Crippen LogP contribution in [0.15, 0.2) is 12.3 Å². The molecular formula is C13H25NO2. The van der Waals surface area contributed by atoms with Crippen molar-refractivity contribution in [2.24, 2.45) is 11.7 Å². The van der Waals surface area contributed by atoms with Gasteiger partial charge in [-0.3, -0.25) is 4.79 Å². The van der Waals surface area contributed by atoms with E-state index in [2.05, 4.69) is 20.4 Å². The summed E-state index contributed by atoms with van der Waals surface area (Å²) in [6.07, 6.45) is 6.23. The van der Waals surface area contributed by atoms with E-state index < -0.39 is 0 Å². The molecule has 0 aromatic rings. The molecule has 0 unspecified atom stereocenters. The first-order valence-corrected chi connectivity index (χ1v) is 6.17. The van der Waals surface area contributed by atoms with Crippen LogP contribution in [0.25, 0.3) is 0 Å². The Morgan fingerprint density at radius 3 is 2.50 bits per heavy atom. The number of primary amides is 1. The summed E-state index contributed by atoms with van der Waals surface area (Å²) >= 11 is 0. The van der Waals surface area contributed by atoms with Gasteiger partial charge in [0, 0.05) is 12.3 Å². The normalized spacial score (nSPS) is 18.6. The summed E-state index contributed by atoms with van der Waals surface area (Å²) in [4.78, 5) is 10.2. The molecule has 0 aliphatic carbocycles. The van der Waals surface area contributed by atoms with Gasteiger partial charge in [-0.25, -0.2) is 0 Å². The lowest BCUT2D eigenvalue weighted by Gasteiger charge is -1.96. The second kappa shape index (κ2) is 9.25. The van der Waals surface area contributed by atoms with E-state index in [0.717, 1.165) is 31.6 Å². The van der Waals surface area contributed by atoms with Crippen LogP contribution in [-0.4, -0.2) is 12.5 Å². The van der Waals surface area contributed by atoms with Gasteiger partial charge in [0.05, 0.1) is 12.4 Å². The topological polar surface area (TPSA) is 52.3 Å². The predicted molar refractivity (Wildman–Crippen MR) is 66.8 cm³/mol. The molecule has 3 nitrogen and oxygen atoms in total. The minimum absolute atomic E-state index is 0.175. The second-order valence-electron chi connectivity index (χ2n) is 4.28. The second-order valence-corrected chi connectivity index (χ2v) is 4.28. The van der Waals surface area contributed by atoms with Crippen molar-refractivity contribution in [2.75, 3.05) is 6.61 Å². The fraction of sp³-hybridized carbons (Fsp3) is 0.769.